The lowest BCUT2D eigenvalue weighted by molar-refractivity contribution is 0.0635. The minimum absolute atomic E-state index is 0.111. The molecule has 2 rings (SSSR count). The number of carbonyl (C=O) groups is 1. The van der Waals surface area contributed by atoms with Gasteiger partial charge in [0.25, 0.3) is 5.91 Å². The molecule has 18 heavy (non-hydrogen) atoms. The molecule has 6 nitrogen and oxygen atoms in total. The van der Waals surface area contributed by atoms with Crippen LogP contribution in [0.15, 0.2) is 23.0 Å². The lowest BCUT2D eigenvalue weighted by Crippen LogP contribution is -2.50. The molecule has 0 bridgehead atoms. The summed E-state index contributed by atoms with van der Waals surface area (Å²) in [6, 6.07) is 4.63. The zero-order valence-electron chi connectivity index (χ0n) is 10.3. The van der Waals surface area contributed by atoms with Gasteiger partial charge in [-0.1, -0.05) is 6.07 Å². The molecule has 1 amide bonds. The Bertz CT molecular complexity index is 463. The van der Waals surface area contributed by atoms with E-state index in [1.807, 2.05) is 0 Å². The summed E-state index contributed by atoms with van der Waals surface area (Å²) in [5, 5.41) is 0. The molecule has 1 aliphatic heterocycles. The molecule has 0 aromatic carbocycles. The summed E-state index contributed by atoms with van der Waals surface area (Å²) in [6.07, 6.45) is 0. The minimum atomic E-state index is -0.248. The highest BCUT2D eigenvalue weighted by atomic mass is 16.2. The molecule has 0 atom stereocenters. The fraction of sp³-hybridized carbons (Fsp3) is 0.500. The number of aromatic nitrogens is 1. The predicted octanol–water partition coefficient (Wildman–Crippen LogP) is -0.909. The van der Waals surface area contributed by atoms with Gasteiger partial charge in [0.05, 0.1) is 0 Å². The summed E-state index contributed by atoms with van der Waals surface area (Å²) < 4.78 is 0. The molecule has 1 aromatic rings. The van der Waals surface area contributed by atoms with E-state index in [1.165, 1.54) is 6.07 Å². The number of pyridine rings is 1. The number of hydrogen-bond donors (Lipinski definition) is 2. The van der Waals surface area contributed by atoms with Crippen molar-refractivity contribution in [2.24, 2.45) is 5.73 Å². The summed E-state index contributed by atoms with van der Waals surface area (Å²) in [6.45, 7) is 4.52. The maximum atomic E-state index is 12.1. The lowest BCUT2D eigenvalue weighted by atomic mass is 10.2. The van der Waals surface area contributed by atoms with Crippen molar-refractivity contribution in [1.82, 2.24) is 14.8 Å². The molecule has 1 aromatic heterocycles. The maximum Gasteiger partial charge on any atom is 0.270 e. The van der Waals surface area contributed by atoms with Crippen LogP contribution in [0.25, 0.3) is 0 Å². The number of hydrogen-bond acceptors (Lipinski definition) is 4. The average molecular weight is 250 g/mol. The topological polar surface area (TPSA) is 82.4 Å². The van der Waals surface area contributed by atoms with Gasteiger partial charge in [-0.05, 0) is 6.07 Å². The van der Waals surface area contributed by atoms with Crippen molar-refractivity contribution in [3.63, 3.8) is 0 Å². The van der Waals surface area contributed by atoms with Crippen LogP contribution in [0, 0.1) is 0 Å². The Labute approximate surface area is 105 Å². The zero-order valence-corrected chi connectivity index (χ0v) is 10.3. The van der Waals surface area contributed by atoms with E-state index in [0.29, 0.717) is 25.3 Å². The van der Waals surface area contributed by atoms with Crippen LogP contribution in [-0.4, -0.2) is 60.0 Å². The molecule has 98 valence electrons. The number of nitrogens with zero attached hydrogens (tertiary/aromatic N) is 2. The molecule has 3 N–H and O–H groups in total. The van der Waals surface area contributed by atoms with E-state index in [-0.39, 0.29) is 11.5 Å². The van der Waals surface area contributed by atoms with Gasteiger partial charge in [-0.2, -0.15) is 0 Å². The maximum absolute atomic E-state index is 12.1. The minimum Gasteiger partial charge on any atom is -0.335 e. The Balaban J connectivity index is 1.97. The van der Waals surface area contributed by atoms with Crippen LogP contribution >= 0.6 is 0 Å². The third kappa shape index (κ3) is 2.96. The van der Waals surface area contributed by atoms with Gasteiger partial charge in [-0.15, -0.1) is 0 Å². The number of nitrogens with one attached hydrogen (secondary N) is 1. The highest BCUT2D eigenvalue weighted by molar-refractivity contribution is 5.92. The molecule has 1 fully saturated rings. The van der Waals surface area contributed by atoms with Gasteiger partial charge >= 0.3 is 0 Å². The molecule has 6 heteroatoms. The molecule has 0 aliphatic carbocycles. The van der Waals surface area contributed by atoms with Crippen molar-refractivity contribution >= 4 is 5.91 Å². The summed E-state index contributed by atoms with van der Waals surface area (Å²) >= 11 is 0. The number of amides is 1. The second-order valence-corrected chi connectivity index (χ2v) is 4.35. The first-order chi connectivity index (χ1) is 8.70. The smallest absolute Gasteiger partial charge is 0.270 e. The van der Waals surface area contributed by atoms with E-state index < -0.39 is 0 Å². The molecule has 1 saturated heterocycles. The number of carbonyl (C=O) groups excluding carboxylic acids is 1. The van der Waals surface area contributed by atoms with Crippen LogP contribution in [0.5, 0.6) is 0 Å². The van der Waals surface area contributed by atoms with E-state index in [4.69, 9.17) is 5.73 Å². The Morgan fingerprint density at radius 2 is 2.00 bits per heavy atom. The third-order valence-corrected chi connectivity index (χ3v) is 3.10. The van der Waals surface area contributed by atoms with Crippen molar-refractivity contribution in [1.29, 1.82) is 0 Å². The van der Waals surface area contributed by atoms with Crippen molar-refractivity contribution in [2.75, 3.05) is 39.3 Å². The first kappa shape index (κ1) is 12.8. The molecule has 0 spiro atoms. The highest BCUT2D eigenvalue weighted by Crippen LogP contribution is 2.05. The number of piperazine rings is 1. The number of nitrogens with two attached hydrogens (primary N) is 1. The first-order valence-corrected chi connectivity index (χ1v) is 6.12. The van der Waals surface area contributed by atoms with Gasteiger partial charge < -0.3 is 15.6 Å². The standard InChI is InChI=1S/C12H18N4O2/c13-4-5-15-6-8-16(9-7-15)12(18)10-2-1-3-11(17)14-10/h1-3H,4-9,13H2,(H,14,17). The first-order valence-electron chi connectivity index (χ1n) is 6.12. The fourth-order valence-corrected chi connectivity index (χ4v) is 2.10. The zero-order chi connectivity index (χ0) is 13.0. The molecule has 2 heterocycles. The van der Waals surface area contributed by atoms with Crippen LogP contribution in [-0.2, 0) is 0 Å². The largest absolute Gasteiger partial charge is 0.335 e. The number of aromatic amines is 1. The summed E-state index contributed by atoms with van der Waals surface area (Å²) in [5.74, 6) is -0.111. The Kier molecular flexibility index (Phi) is 4.11. The quantitative estimate of drug-likeness (QED) is 0.727. The summed E-state index contributed by atoms with van der Waals surface area (Å²) in [7, 11) is 0. The van der Waals surface area contributed by atoms with Gasteiger partial charge in [-0.25, -0.2) is 0 Å². The van der Waals surface area contributed by atoms with Crippen LogP contribution in [0.2, 0.25) is 0 Å². The lowest BCUT2D eigenvalue weighted by Gasteiger charge is -2.34. The van der Waals surface area contributed by atoms with Crippen molar-refractivity contribution in [2.45, 2.75) is 0 Å². The van der Waals surface area contributed by atoms with Gasteiger partial charge in [0.15, 0.2) is 0 Å². The van der Waals surface area contributed by atoms with Gasteiger partial charge in [0.1, 0.15) is 5.69 Å². The van der Waals surface area contributed by atoms with Crippen molar-refractivity contribution < 1.29 is 4.79 Å². The molecule has 0 unspecified atom stereocenters. The molecule has 1 aliphatic rings. The third-order valence-electron chi connectivity index (χ3n) is 3.10. The van der Waals surface area contributed by atoms with Crippen LogP contribution < -0.4 is 11.3 Å². The number of H-pyrrole nitrogens is 1. The van der Waals surface area contributed by atoms with Crippen LogP contribution in [0.1, 0.15) is 10.5 Å². The second-order valence-electron chi connectivity index (χ2n) is 4.35. The predicted molar refractivity (Wildman–Crippen MR) is 68.5 cm³/mol. The van der Waals surface area contributed by atoms with Gasteiger partial charge in [-0.3, -0.25) is 14.5 Å². The Morgan fingerprint density at radius 3 is 2.61 bits per heavy atom. The Hall–Kier alpha value is -1.66. The summed E-state index contributed by atoms with van der Waals surface area (Å²) in [5.41, 5.74) is 5.61. The van der Waals surface area contributed by atoms with Crippen LogP contribution in [0.4, 0.5) is 0 Å². The van der Waals surface area contributed by atoms with E-state index >= 15 is 0 Å². The highest BCUT2D eigenvalue weighted by Gasteiger charge is 2.21. The van der Waals surface area contributed by atoms with Crippen molar-refractivity contribution in [3.05, 3.63) is 34.2 Å². The normalized spacial score (nSPS) is 16.8. The Morgan fingerprint density at radius 1 is 1.28 bits per heavy atom. The van der Waals surface area contributed by atoms with E-state index in [0.717, 1.165) is 19.6 Å². The fourth-order valence-electron chi connectivity index (χ4n) is 2.10. The van der Waals surface area contributed by atoms with E-state index in [1.54, 1.807) is 17.0 Å². The van der Waals surface area contributed by atoms with Gasteiger partial charge in [0.2, 0.25) is 5.56 Å². The molecular weight excluding hydrogens is 232 g/mol. The monoisotopic (exact) mass is 250 g/mol. The van der Waals surface area contributed by atoms with Crippen LogP contribution in [0.3, 0.4) is 0 Å². The number of rotatable bonds is 3. The molecular formula is C12H18N4O2. The SMILES string of the molecule is NCCN1CCN(C(=O)c2cccc(=O)[nH]2)CC1. The second kappa shape index (κ2) is 5.79. The molecule has 0 radical (unpaired) electrons. The average Bonchev–Trinajstić information content (AvgIpc) is 2.39. The van der Waals surface area contributed by atoms with E-state index in [9.17, 15) is 9.59 Å². The van der Waals surface area contributed by atoms with Crippen molar-refractivity contribution in [3.8, 4) is 0 Å². The van der Waals surface area contributed by atoms with Gasteiger partial charge in [0, 0.05) is 45.3 Å². The summed E-state index contributed by atoms with van der Waals surface area (Å²) in [4.78, 5) is 29.9. The molecule has 0 saturated carbocycles. The van der Waals surface area contributed by atoms with E-state index in [2.05, 4.69) is 9.88 Å².